The molecule has 0 amide bonds. The molecule has 0 radical (unpaired) electrons. The first-order valence-corrected chi connectivity index (χ1v) is 9.78. The average molecular weight is 428 g/mol. The summed E-state index contributed by atoms with van der Waals surface area (Å²) in [5.41, 5.74) is -0.846. The lowest BCUT2D eigenvalue weighted by Gasteiger charge is -2.17. The van der Waals surface area contributed by atoms with Crippen molar-refractivity contribution in [2.24, 2.45) is 0 Å². The maximum atomic E-state index is 14.2. The molecule has 2 aromatic carbocycles. The molecule has 0 fully saturated rings. The van der Waals surface area contributed by atoms with Crippen LogP contribution >= 0.6 is 0 Å². The van der Waals surface area contributed by atoms with Gasteiger partial charge < -0.3 is 14.9 Å². The van der Waals surface area contributed by atoms with Gasteiger partial charge in [0.05, 0.1) is 23.1 Å². The molecule has 11 heteroatoms. The smallest absolute Gasteiger partial charge is 0.281 e. The number of benzene rings is 2. The van der Waals surface area contributed by atoms with Gasteiger partial charge in [-0.1, -0.05) is 0 Å². The monoisotopic (exact) mass is 428 g/mol. The van der Waals surface area contributed by atoms with Crippen molar-refractivity contribution in [2.75, 3.05) is 13.2 Å². The molecule has 29 heavy (non-hydrogen) atoms. The van der Waals surface area contributed by atoms with Gasteiger partial charge in [0.2, 0.25) is 10.0 Å². The number of ether oxygens (including phenoxy) is 1. The first-order valence-electron chi connectivity index (χ1n) is 8.30. The first-order chi connectivity index (χ1) is 13.6. The average Bonchev–Trinajstić information content (AvgIpc) is 2.90. The largest absolute Gasteiger partial charge is 0.457 e. The molecule has 7 nitrogen and oxygen atoms in total. The van der Waals surface area contributed by atoms with Crippen molar-refractivity contribution in [3.05, 3.63) is 52.8 Å². The van der Waals surface area contributed by atoms with Crippen molar-refractivity contribution < 1.29 is 36.5 Å². The number of aliphatic hydroxyl groups excluding tert-OH is 2. The highest BCUT2D eigenvalue weighted by Crippen LogP contribution is 2.49. The lowest BCUT2D eigenvalue weighted by atomic mass is 10.1. The number of nitriles is 1. The zero-order valence-electron chi connectivity index (χ0n) is 14.7. The third kappa shape index (κ3) is 4.06. The summed E-state index contributed by atoms with van der Waals surface area (Å²) in [4.78, 5) is -0.574. The molecule has 0 aliphatic heterocycles. The van der Waals surface area contributed by atoms with E-state index in [0.29, 0.717) is 0 Å². The standard InChI is InChI=1S/C18H15F3N2O5S/c19-11-5-10(9-22)6-12(7-11)28-14-1-2-15(29(26,27)23-3-4-24)16-13(14)8-18(20,21)17(16)25/h1-2,5-7,17,23-25H,3-4,8H2/t17-/m0/s1. The number of nitrogens with one attached hydrogen (secondary N) is 1. The maximum absolute atomic E-state index is 14.2. The van der Waals surface area contributed by atoms with E-state index in [-0.39, 0.29) is 29.2 Å². The second-order valence-electron chi connectivity index (χ2n) is 6.31. The van der Waals surface area contributed by atoms with E-state index in [1.165, 1.54) is 6.07 Å². The lowest BCUT2D eigenvalue weighted by molar-refractivity contribution is -0.0976. The highest BCUT2D eigenvalue weighted by atomic mass is 32.2. The molecule has 0 saturated heterocycles. The van der Waals surface area contributed by atoms with Gasteiger partial charge in [-0.2, -0.15) is 5.26 Å². The van der Waals surface area contributed by atoms with E-state index in [4.69, 9.17) is 15.1 Å². The molecule has 0 unspecified atom stereocenters. The third-order valence-electron chi connectivity index (χ3n) is 4.28. The summed E-state index contributed by atoms with van der Waals surface area (Å²) in [5, 5.41) is 27.8. The number of hydrogen-bond acceptors (Lipinski definition) is 6. The molecule has 2 aromatic rings. The van der Waals surface area contributed by atoms with E-state index < -0.39 is 51.4 Å². The number of aliphatic hydroxyl groups is 2. The fraction of sp³-hybridized carbons (Fsp3) is 0.278. The Labute approximate surface area is 164 Å². The molecular weight excluding hydrogens is 413 g/mol. The number of hydrogen-bond donors (Lipinski definition) is 3. The van der Waals surface area contributed by atoms with E-state index in [0.717, 1.165) is 24.3 Å². The first kappa shape index (κ1) is 21.1. The van der Waals surface area contributed by atoms with Crippen molar-refractivity contribution in [3.8, 4) is 17.6 Å². The van der Waals surface area contributed by atoms with Crippen LogP contribution in [0.2, 0.25) is 0 Å². The molecule has 3 N–H and O–H groups in total. The summed E-state index contributed by atoms with van der Waals surface area (Å²) in [6.45, 7) is -0.857. The van der Waals surface area contributed by atoms with Gasteiger partial charge in [-0.15, -0.1) is 0 Å². The Kier molecular flexibility index (Phi) is 5.55. The van der Waals surface area contributed by atoms with Gasteiger partial charge in [-0.05, 0) is 24.3 Å². The second-order valence-corrected chi connectivity index (χ2v) is 8.04. The van der Waals surface area contributed by atoms with Crippen LogP contribution in [-0.4, -0.2) is 37.7 Å². The number of fused-ring (bicyclic) bond motifs is 1. The van der Waals surface area contributed by atoms with Crippen LogP contribution in [0.25, 0.3) is 0 Å². The van der Waals surface area contributed by atoms with Gasteiger partial charge in [-0.3, -0.25) is 0 Å². The van der Waals surface area contributed by atoms with Crippen molar-refractivity contribution in [2.45, 2.75) is 23.3 Å². The highest BCUT2D eigenvalue weighted by molar-refractivity contribution is 7.89. The van der Waals surface area contributed by atoms with Crippen LogP contribution in [0.4, 0.5) is 13.2 Å². The van der Waals surface area contributed by atoms with Gasteiger partial charge in [0.1, 0.15) is 23.4 Å². The van der Waals surface area contributed by atoms with E-state index in [2.05, 4.69) is 0 Å². The van der Waals surface area contributed by atoms with Crippen molar-refractivity contribution >= 4 is 10.0 Å². The van der Waals surface area contributed by atoms with E-state index in [9.17, 15) is 26.7 Å². The zero-order chi connectivity index (χ0) is 21.4. The van der Waals surface area contributed by atoms with Gasteiger partial charge in [-0.25, -0.2) is 26.3 Å². The molecule has 0 spiro atoms. The minimum Gasteiger partial charge on any atom is -0.457 e. The number of halogens is 3. The summed E-state index contributed by atoms with van der Waals surface area (Å²) in [7, 11) is -4.30. The predicted molar refractivity (Wildman–Crippen MR) is 93.5 cm³/mol. The van der Waals surface area contributed by atoms with Crippen LogP contribution < -0.4 is 9.46 Å². The van der Waals surface area contributed by atoms with Crippen LogP contribution in [0.1, 0.15) is 22.8 Å². The summed E-state index contributed by atoms with van der Waals surface area (Å²) in [6, 6.07) is 6.89. The molecule has 0 saturated carbocycles. The predicted octanol–water partition coefficient (Wildman–Crippen LogP) is 1.99. The van der Waals surface area contributed by atoms with E-state index in [1.807, 2.05) is 4.72 Å². The molecule has 0 bridgehead atoms. The van der Waals surface area contributed by atoms with Gasteiger partial charge in [0.25, 0.3) is 5.92 Å². The molecule has 1 atom stereocenters. The van der Waals surface area contributed by atoms with Crippen LogP contribution in [0, 0.1) is 17.1 Å². The number of alkyl halides is 2. The Morgan fingerprint density at radius 3 is 2.69 bits per heavy atom. The topological polar surface area (TPSA) is 120 Å². The van der Waals surface area contributed by atoms with Gasteiger partial charge >= 0.3 is 0 Å². The van der Waals surface area contributed by atoms with E-state index >= 15 is 0 Å². The van der Waals surface area contributed by atoms with Crippen LogP contribution in [0.3, 0.4) is 0 Å². The normalized spacial score (nSPS) is 17.6. The fourth-order valence-corrected chi connectivity index (χ4v) is 4.34. The SMILES string of the molecule is N#Cc1cc(F)cc(Oc2ccc(S(=O)(=O)NCCO)c3c2CC(F)(F)[C@H]3O)c1. The number of rotatable bonds is 6. The Morgan fingerprint density at radius 1 is 1.31 bits per heavy atom. The Morgan fingerprint density at radius 2 is 2.03 bits per heavy atom. The molecule has 0 heterocycles. The zero-order valence-corrected chi connectivity index (χ0v) is 15.5. The Balaban J connectivity index is 2.11. The minimum atomic E-state index is -4.30. The molecular formula is C18H15F3N2O5S. The molecule has 3 rings (SSSR count). The lowest BCUT2D eigenvalue weighted by Crippen LogP contribution is -2.28. The Hall–Kier alpha value is -2.65. The van der Waals surface area contributed by atoms with E-state index in [1.54, 1.807) is 6.07 Å². The fourth-order valence-electron chi connectivity index (χ4n) is 3.05. The van der Waals surface area contributed by atoms with Crippen LogP contribution in [-0.2, 0) is 16.4 Å². The minimum absolute atomic E-state index is 0.0607. The molecule has 154 valence electrons. The quantitative estimate of drug-likeness (QED) is 0.647. The Bertz CT molecular complexity index is 1100. The van der Waals surface area contributed by atoms with Crippen LogP contribution in [0.5, 0.6) is 11.5 Å². The summed E-state index contributed by atoms with van der Waals surface area (Å²) < 4.78 is 74.3. The molecule has 1 aliphatic carbocycles. The third-order valence-corrected chi connectivity index (χ3v) is 5.80. The highest BCUT2D eigenvalue weighted by Gasteiger charge is 2.50. The van der Waals surface area contributed by atoms with Crippen LogP contribution in [0.15, 0.2) is 35.2 Å². The van der Waals surface area contributed by atoms with Gasteiger partial charge in [0, 0.05) is 30.2 Å². The number of nitrogens with zero attached hydrogens (tertiary/aromatic N) is 1. The summed E-state index contributed by atoms with van der Waals surface area (Å²) in [6.07, 6.45) is -3.40. The van der Waals surface area contributed by atoms with Crippen molar-refractivity contribution in [1.29, 1.82) is 5.26 Å². The second kappa shape index (κ2) is 7.64. The van der Waals surface area contributed by atoms with Crippen molar-refractivity contribution in [3.63, 3.8) is 0 Å². The summed E-state index contributed by atoms with van der Waals surface area (Å²) in [5.74, 6) is -4.79. The number of sulfonamides is 1. The molecule has 0 aromatic heterocycles. The molecule has 1 aliphatic rings. The summed E-state index contributed by atoms with van der Waals surface area (Å²) >= 11 is 0. The van der Waals surface area contributed by atoms with Crippen molar-refractivity contribution in [1.82, 2.24) is 4.72 Å². The maximum Gasteiger partial charge on any atom is 0.281 e. The van der Waals surface area contributed by atoms with Gasteiger partial charge in [0.15, 0.2) is 0 Å².